The summed E-state index contributed by atoms with van der Waals surface area (Å²) in [6.07, 6.45) is 2.37. The van der Waals surface area contributed by atoms with Gasteiger partial charge in [0.25, 0.3) is 11.1 Å². The lowest BCUT2D eigenvalue weighted by Crippen LogP contribution is -2.32. The number of hydrogen-bond acceptors (Lipinski definition) is 6. The van der Waals surface area contributed by atoms with Crippen molar-refractivity contribution in [2.24, 2.45) is 0 Å². The van der Waals surface area contributed by atoms with Crippen LogP contribution in [0.5, 0.6) is 0 Å². The number of carbonyl (C=O) groups excluding carboxylic acids is 1. The van der Waals surface area contributed by atoms with E-state index in [4.69, 9.17) is 8.83 Å². The summed E-state index contributed by atoms with van der Waals surface area (Å²) in [5, 5.41) is 11.0. The molecule has 1 N–H and O–H groups in total. The zero-order valence-electron chi connectivity index (χ0n) is 14.1. The lowest BCUT2D eigenvalue weighted by atomic mass is 10.1. The topological polar surface area (TPSA) is 81.2 Å². The highest BCUT2D eigenvalue weighted by molar-refractivity contribution is 8.00. The Balaban J connectivity index is 1.50. The van der Waals surface area contributed by atoms with Crippen LogP contribution in [0.1, 0.15) is 18.2 Å². The zero-order chi connectivity index (χ0) is 17.6. The largest absolute Gasteiger partial charge is 0.469 e. The van der Waals surface area contributed by atoms with Crippen LogP contribution in [0.3, 0.4) is 0 Å². The van der Waals surface area contributed by atoms with E-state index < -0.39 is 0 Å². The molecule has 1 amide bonds. The molecule has 1 aromatic carbocycles. The molecule has 0 radical (unpaired) electrons. The van der Waals surface area contributed by atoms with Gasteiger partial charge in [-0.3, -0.25) is 4.79 Å². The fourth-order valence-corrected chi connectivity index (χ4v) is 3.00. The Morgan fingerprint density at radius 1 is 1.24 bits per heavy atom. The summed E-state index contributed by atoms with van der Waals surface area (Å²) in [6.45, 7) is 4.24. The van der Waals surface area contributed by atoms with Gasteiger partial charge >= 0.3 is 0 Å². The average molecular weight is 357 g/mol. The van der Waals surface area contributed by atoms with Gasteiger partial charge in [-0.05, 0) is 31.9 Å². The smallest absolute Gasteiger partial charge is 0.277 e. The zero-order valence-corrected chi connectivity index (χ0v) is 14.9. The molecule has 1 unspecified atom stereocenters. The minimum absolute atomic E-state index is 0.0554. The van der Waals surface area contributed by atoms with E-state index in [2.05, 4.69) is 15.5 Å². The third-order valence-corrected chi connectivity index (χ3v) is 4.63. The molecule has 2 aromatic heterocycles. The Morgan fingerprint density at radius 2 is 2.04 bits per heavy atom. The molecule has 3 aromatic rings. The predicted octanol–water partition coefficient (Wildman–Crippen LogP) is 3.48. The Bertz CT molecular complexity index is 829. The average Bonchev–Trinajstić information content (AvgIpc) is 3.24. The number of benzene rings is 1. The van der Waals surface area contributed by atoms with Gasteiger partial charge in [-0.25, -0.2) is 0 Å². The molecule has 0 bridgehead atoms. The Morgan fingerprint density at radius 3 is 2.76 bits per heavy atom. The number of aryl methyl sites for hydroxylation is 1. The van der Waals surface area contributed by atoms with Gasteiger partial charge in [0.05, 0.1) is 17.1 Å². The summed E-state index contributed by atoms with van der Waals surface area (Å²) in [5.41, 5.74) is 1.96. The van der Waals surface area contributed by atoms with Crippen LogP contribution in [-0.2, 0) is 11.2 Å². The number of hydrogen-bond donors (Lipinski definition) is 1. The maximum Gasteiger partial charge on any atom is 0.277 e. The fourth-order valence-electron chi connectivity index (χ4n) is 2.30. The van der Waals surface area contributed by atoms with Gasteiger partial charge in [0.1, 0.15) is 5.76 Å². The number of furan rings is 1. The van der Waals surface area contributed by atoms with Crippen molar-refractivity contribution in [3.63, 3.8) is 0 Å². The van der Waals surface area contributed by atoms with Crippen LogP contribution in [0.25, 0.3) is 11.5 Å². The second kappa shape index (κ2) is 8.02. The number of rotatable bonds is 7. The highest BCUT2D eigenvalue weighted by atomic mass is 32.2. The van der Waals surface area contributed by atoms with Crippen LogP contribution in [-0.4, -0.2) is 27.9 Å². The number of nitrogens with one attached hydrogen (secondary N) is 1. The van der Waals surface area contributed by atoms with Crippen LogP contribution in [0.2, 0.25) is 0 Å². The molecule has 0 aliphatic heterocycles. The van der Waals surface area contributed by atoms with Gasteiger partial charge in [-0.2, -0.15) is 0 Å². The Hall–Kier alpha value is -2.54. The third kappa shape index (κ3) is 4.51. The molecule has 0 saturated carbocycles. The number of thioether (sulfide) groups is 1. The maximum atomic E-state index is 12.2. The lowest BCUT2D eigenvalue weighted by Gasteiger charge is -2.09. The summed E-state index contributed by atoms with van der Waals surface area (Å²) in [7, 11) is 0. The van der Waals surface area contributed by atoms with E-state index in [1.165, 1.54) is 17.3 Å². The van der Waals surface area contributed by atoms with Crippen molar-refractivity contribution in [1.82, 2.24) is 15.5 Å². The standard InChI is InChI=1S/C18H19N3O3S/c1-12-15(9-11-23-12)17-20-21-18(24-17)25-13(2)16(22)19-10-8-14-6-4-3-5-7-14/h3-7,9,11,13H,8,10H2,1-2H3,(H,19,22). The molecule has 0 aliphatic rings. The Kier molecular flexibility index (Phi) is 5.55. The first kappa shape index (κ1) is 17.3. The van der Waals surface area contributed by atoms with E-state index in [1.807, 2.05) is 44.2 Å². The van der Waals surface area contributed by atoms with Crippen molar-refractivity contribution >= 4 is 17.7 Å². The minimum Gasteiger partial charge on any atom is -0.469 e. The highest BCUT2D eigenvalue weighted by Crippen LogP contribution is 2.28. The van der Waals surface area contributed by atoms with Gasteiger partial charge in [0, 0.05) is 6.54 Å². The molecule has 0 saturated heterocycles. The van der Waals surface area contributed by atoms with Crippen molar-refractivity contribution in [3.05, 3.63) is 54.0 Å². The van der Waals surface area contributed by atoms with Crippen LogP contribution in [0, 0.1) is 6.92 Å². The number of amides is 1. The first-order valence-corrected chi connectivity index (χ1v) is 8.87. The van der Waals surface area contributed by atoms with Crippen molar-refractivity contribution in [1.29, 1.82) is 0 Å². The molecule has 3 rings (SSSR count). The monoisotopic (exact) mass is 357 g/mol. The molecule has 0 aliphatic carbocycles. The first-order valence-electron chi connectivity index (χ1n) is 8.00. The van der Waals surface area contributed by atoms with Crippen molar-refractivity contribution < 1.29 is 13.6 Å². The van der Waals surface area contributed by atoms with Crippen LogP contribution in [0.15, 0.2) is 56.7 Å². The molecule has 7 heteroatoms. The number of nitrogens with zero attached hydrogens (tertiary/aromatic N) is 2. The maximum absolute atomic E-state index is 12.2. The van der Waals surface area contributed by atoms with E-state index in [0.717, 1.165) is 12.0 Å². The molecular formula is C18H19N3O3S. The fraction of sp³-hybridized carbons (Fsp3) is 0.278. The van der Waals surface area contributed by atoms with Crippen LogP contribution >= 0.6 is 11.8 Å². The molecule has 130 valence electrons. The first-order chi connectivity index (χ1) is 12.1. The molecule has 6 nitrogen and oxygen atoms in total. The van der Waals surface area contributed by atoms with Gasteiger partial charge in [-0.15, -0.1) is 10.2 Å². The molecule has 0 spiro atoms. The van der Waals surface area contributed by atoms with E-state index >= 15 is 0 Å². The molecule has 1 atom stereocenters. The quantitative estimate of drug-likeness (QED) is 0.652. The summed E-state index contributed by atoms with van der Waals surface area (Å²) < 4.78 is 10.8. The normalized spacial score (nSPS) is 12.1. The van der Waals surface area contributed by atoms with Crippen LogP contribution in [0.4, 0.5) is 0 Å². The second-order valence-electron chi connectivity index (χ2n) is 5.55. The molecule has 2 heterocycles. The van der Waals surface area contributed by atoms with Crippen molar-refractivity contribution in [2.45, 2.75) is 30.7 Å². The van der Waals surface area contributed by atoms with Crippen molar-refractivity contribution in [2.75, 3.05) is 6.54 Å². The van der Waals surface area contributed by atoms with Gasteiger partial charge in [0.2, 0.25) is 5.91 Å². The minimum atomic E-state index is -0.325. The van der Waals surface area contributed by atoms with E-state index in [-0.39, 0.29) is 11.2 Å². The van der Waals surface area contributed by atoms with Gasteiger partial charge in [0.15, 0.2) is 0 Å². The predicted molar refractivity (Wildman–Crippen MR) is 95.2 cm³/mol. The summed E-state index contributed by atoms with van der Waals surface area (Å²) >= 11 is 1.24. The summed E-state index contributed by atoms with van der Waals surface area (Å²) in [6, 6.07) is 11.8. The van der Waals surface area contributed by atoms with Crippen LogP contribution < -0.4 is 5.32 Å². The second-order valence-corrected chi connectivity index (χ2v) is 6.84. The molecular weight excluding hydrogens is 338 g/mol. The Labute approximate surface area is 150 Å². The summed E-state index contributed by atoms with van der Waals surface area (Å²) in [4.78, 5) is 12.2. The molecule has 0 fully saturated rings. The number of carbonyl (C=O) groups is 1. The molecule has 25 heavy (non-hydrogen) atoms. The third-order valence-electron chi connectivity index (χ3n) is 3.70. The van der Waals surface area contributed by atoms with Gasteiger partial charge in [-0.1, -0.05) is 42.1 Å². The highest BCUT2D eigenvalue weighted by Gasteiger charge is 2.19. The lowest BCUT2D eigenvalue weighted by molar-refractivity contribution is -0.120. The SMILES string of the molecule is Cc1occc1-c1nnc(SC(C)C(=O)NCCc2ccccc2)o1. The van der Waals surface area contributed by atoms with Crippen molar-refractivity contribution in [3.8, 4) is 11.5 Å². The summed E-state index contributed by atoms with van der Waals surface area (Å²) in [5.74, 6) is 1.05. The van der Waals surface area contributed by atoms with E-state index in [1.54, 1.807) is 12.3 Å². The van der Waals surface area contributed by atoms with Gasteiger partial charge < -0.3 is 14.2 Å². The van der Waals surface area contributed by atoms with E-state index in [9.17, 15) is 4.79 Å². The van der Waals surface area contributed by atoms with E-state index in [0.29, 0.717) is 23.4 Å². The number of aromatic nitrogens is 2.